The minimum atomic E-state index is -1.09. The molecule has 0 amide bonds. The Morgan fingerprint density at radius 2 is 2.09 bits per heavy atom. The largest absolute Gasteiger partial charge is 0.467 e. The minimum Gasteiger partial charge on any atom is -0.467 e. The lowest BCUT2D eigenvalue weighted by molar-refractivity contribution is -0.152. The van der Waals surface area contributed by atoms with Crippen LogP contribution in [0.4, 0.5) is 0 Å². The topological polar surface area (TPSA) is 46.5 Å². The fourth-order valence-electron chi connectivity index (χ4n) is 0.594. The second kappa shape index (κ2) is 4.13. The fourth-order valence-corrected chi connectivity index (χ4v) is 0.594. The minimum absolute atomic E-state index is 0.248. The number of hydrogen-bond donors (Lipinski definition) is 1. The molecule has 0 aromatic carbocycles. The number of carbonyl (C=O) groups excluding carboxylic acids is 1. The summed E-state index contributed by atoms with van der Waals surface area (Å²) in [5.74, 6) is -0.858. The molecule has 0 rings (SSSR count). The van der Waals surface area contributed by atoms with Crippen LogP contribution in [0.15, 0.2) is 12.2 Å². The highest BCUT2D eigenvalue weighted by Crippen LogP contribution is 2.12. The Bertz CT molecular complexity index is 163. The molecule has 0 bridgehead atoms. The lowest BCUT2D eigenvalue weighted by Gasteiger charge is -2.15. The van der Waals surface area contributed by atoms with E-state index in [0.717, 1.165) is 5.57 Å². The molecule has 0 saturated carbocycles. The van der Waals surface area contributed by atoms with Crippen molar-refractivity contribution in [2.45, 2.75) is 20.0 Å². The van der Waals surface area contributed by atoms with Gasteiger partial charge in [-0.25, -0.2) is 4.79 Å². The molecule has 3 heteroatoms. The molecule has 11 heavy (non-hydrogen) atoms. The van der Waals surface area contributed by atoms with E-state index in [0.29, 0.717) is 0 Å². The van der Waals surface area contributed by atoms with Crippen LogP contribution in [0.1, 0.15) is 13.8 Å². The lowest BCUT2D eigenvalue weighted by atomic mass is 9.98. The van der Waals surface area contributed by atoms with Gasteiger partial charge in [0.25, 0.3) is 0 Å². The zero-order valence-corrected chi connectivity index (χ0v) is 7.13. The van der Waals surface area contributed by atoms with E-state index < -0.39 is 12.1 Å². The van der Waals surface area contributed by atoms with Crippen LogP contribution in [-0.4, -0.2) is 24.3 Å². The number of carbonyl (C=O) groups is 1. The summed E-state index contributed by atoms with van der Waals surface area (Å²) < 4.78 is 4.35. The van der Waals surface area contributed by atoms with E-state index in [4.69, 9.17) is 0 Å². The average Bonchev–Trinajstić information content (AvgIpc) is 2.00. The number of methoxy groups -OCH3 is 1. The van der Waals surface area contributed by atoms with Crippen LogP contribution < -0.4 is 0 Å². The first-order valence-electron chi connectivity index (χ1n) is 3.42. The van der Waals surface area contributed by atoms with E-state index in [1.165, 1.54) is 7.11 Å². The summed E-state index contributed by atoms with van der Waals surface area (Å²) in [5.41, 5.74) is 0.767. The van der Waals surface area contributed by atoms with Gasteiger partial charge in [-0.05, 0) is 6.92 Å². The molecule has 1 N–H and O–H groups in total. The summed E-state index contributed by atoms with van der Waals surface area (Å²) in [6, 6.07) is 0. The second-order valence-corrected chi connectivity index (χ2v) is 2.60. The van der Waals surface area contributed by atoms with Crippen molar-refractivity contribution < 1.29 is 14.6 Å². The molecular weight excluding hydrogens is 144 g/mol. The zero-order valence-electron chi connectivity index (χ0n) is 7.13. The van der Waals surface area contributed by atoms with Crippen LogP contribution in [0, 0.1) is 5.92 Å². The third-order valence-electron chi connectivity index (χ3n) is 1.69. The Morgan fingerprint density at radius 1 is 1.64 bits per heavy atom. The van der Waals surface area contributed by atoms with Gasteiger partial charge in [0.1, 0.15) is 0 Å². The van der Waals surface area contributed by atoms with Crippen molar-refractivity contribution >= 4 is 5.97 Å². The molecule has 0 aliphatic carbocycles. The normalized spacial score (nSPS) is 15.3. The van der Waals surface area contributed by atoms with Gasteiger partial charge in [-0.2, -0.15) is 0 Å². The number of ether oxygens (including phenoxy) is 1. The highest BCUT2D eigenvalue weighted by molar-refractivity contribution is 5.74. The molecule has 0 saturated heterocycles. The molecule has 0 aliphatic rings. The van der Waals surface area contributed by atoms with Crippen LogP contribution in [0.5, 0.6) is 0 Å². The molecule has 0 aromatic heterocycles. The Labute approximate surface area is 66.7 Å². The maximum Gasteiger partial charge on any atom is 0.335 e. The summed E-state index contributed by atoms with van der Waals surface area (Å²) >= 11 is 0. The predicted octanol–water partition coefficient (Wildman–Crippen LogP) is 0.732. The molecule has 0 aliphatic heterocycles. The van der Waals surface area contributed by atoms with Crippen LogP contribution >= 0.6 is 0 Å². The maximum atomic E-state index is 10.7. The SMILES string of the molecule is C=C(C)[C@H](C)[C@H](O)C(=O)OC. The van der Waals surface area contributed by atoms with E-state index in [1.807, 2.05) is 0 Å². The molecule has 64 valence electrons. The standard InChI is InChI=1S/C8H14O3/c1-5(2)6(3)7(9)8(10)11-4/h6-7,9H,1H2,2-4H3/t6-,7-/m0/s1. The summed E-state index contributed by atoms with van der Waals surface area (Å²) in [7, 11) is 1.25. The van der Waals surface area contributed by atoms with Crippen molar-refractivity contribution in [3.05, 3.63) is 12.2 Å². The van der Waals surface area contributed by atoms with E-state index in [9.17, 15) is 9.90 Å². The molecule has 0 radical (unpaired) electrons. The Morgan fingerprint density at radius 3 is 2.36 bits per heavy atom. The van der Waals surface area contributed by atoms with E-state index in [1.54, 1.807) is 13.8 Å². The van der Waals surface area contributed by atoms with Gasteiger partial charge in [0.15, 0.2) is 6.10 Å². The molecule has 0 fully saturated rings. The van der Waals surface area contributed by atoms with E-state index in [2.05, 4.69) is 11.3 Å². The zero-order chi connectivity index (χ0) is 9.02. The highest BCUT2D eigenvalue weighted by Gasteiger charge is 2.22. The third kappa shape index (κ3) is 2.72. The van der Waals surface area contributed by atoms with E-state index in [-0.39, 0.29) is 5.92 Å². The smallest absolute Gasteiger partial charge is 0.335 e. The van der Waals surface area contributed by atoms with Gasteiger partial charge in [-0.3, -0.25) is 0 Å². The number of aliphatic hydroxyl groups excluding tert-OH is 1. The van der Waals surface area contributed by atoms with Crippen molar-refractivity contribution in [1.82, 2.24) is 0 Å². The molecule has 0 unspecified atom stereocenters. The molecule has 3 nitrogen and oxygen atoms in total. The van der Waals surface area contributed by atoms with Gasteiger partial charge in [0.2, 0.25) is 0 Å². The van der Waals surface area contributed by atoms with Crippen molar-refractivity contribution in [3.8, 4) is 0 Å². The van der Waals surface area contributed by atoms with Gasteiger partial charge in [-0.1, -0.05) is 19.1 Å². The van der Waals surface area contributed by atoms with Crippen LogP contribution in [-0.2, 0) is 9.53 Å². The molecule has 2 atom stereocenters. The number of rotatable bonds is 3. The summed E-state index contributed by atoms with van der Waals surface area (Å²) in [6.45, 7) is 7.11. The molecule has 0 spiro atoms. The number of esters is 1. The lowest BCUT2D eigenvalue weighted by Crippen LogP contribution is -2.29. The van der Waals surface area contributed by atoms with Gasteiger partial charge < -0.3 is 9.84 Å². The first-order valence-corrected chi connectivity index (χ1v) is 3.42. The van der Waals surface area contributed by atoms with Crippen molar-refractivity contribution in [1.29, 1.82) is 0 Å². The van der Waals surface area contributed by atoms with Crippen LogP contribution in [0.3, 0.4) is 0 Å². The van der Waals surface area contributed by atoms with Gasteiger partial charge in [-0.15, -0.1) is 0 Å². The molecular formula is C8H14O3. The van der Waals surface area contributed by atoms with Crippen LogP contribution in [0.2, 0.25) is 0 Å². The first kappa shape index (κ1) is 10.2. The highest BCUT2D eigenvalue weighted by atomic mass is 16.5. The maximum absolute atomic E-state index is 10.7. The molecule has 0 aromatic rings. The Kier molecular flexibility index (Phi) is 3.82. The number of aliphatic hydroxyl groups is 1. The van der Waals surface area contributed by atoms with Gasteiger partial charge in [0, 0.05) is 5.92 Å². The summed E-state index contributed by atoms with van der Waals surface area (Å²) in [6.07, 6.45) is -1.09. The third-order valence-corrected chi connectivity index (χ3v) is 1.69. The quantitative estimate of drug-likeness (QED) is 0.486. The monoisotopic (exact) mass is 158 g/mol. The van der Waals surface area contributed by atoms with Crippen molar-refractivity contribution in [3.63, 3.8) is 0 Å². The Hall–Kier alpha value is -0.830. The molecule has 0 heterocycles. The van der Waals surface area contributed by atoms with Crippen molar-refractivity contribution in [2.75, 3.05) is 7.11 Å². The van der Waals surface area contributed by atoms with Crippen LogP contribution in [0.25, 0.3) is 0 Å². The van der Waals surface area contributed by atoms with Gasteiger partial charge in [0.05, 0.1) is 7.11 Å². The second-order valence-electron chi connectivity index (χ2n) is 2.60. The number of hydrogen-bond acceptors (Lipinski definition) is 3. The van der Waals surface area contributed by atoms with Gasteiger partial charge >= 0.3 is 5.97 Å². The Balaban J connectivity index is 4.12. The summed E-state index contributed by atoms with van der Waals surface area (Å²) in [4.78, 5) is 10.7. The van der Waals surface area contributed by atoms with E-state index >= 15 is 0 Å². The summed E-state index contributed by atoms with van der Waals surface area (Å²) in [5, 5.41) is 9.22. The fraction of sp³-hybridized carbons (Fsp3) is 0.625. The van der Waals surface area contributed by atoms with Crippen molar-refractivity contribution in [2.24, 2.45) is 5.92 Å². The first-order chi connectivity index (χ1) is 5.00. The predicted molar refractivity (Wildman–Crippen MR) is 42.0 cm³/mol. The average molecular weight is 158 g/mol.